The van der Waals surface area contributed by atoms with Crippen LogP contribution in [0, 0.1) is 0 Å². The molecule has 70 valence electrons. The summed E-state index contributed by atoms with van der Waals surface area (Å²) in [6, 6.07) is 0. The van der Waals surface area contributed by atoms with E-state index in [1.807, 2.05) is 0 Å². The Kier molecular flexibility index (Phi) is 5.29. The average Bonchev–Trinajstić information content (AvgIpc) is 1.85. The standard InChI is InChI=1S/C7H10Cl2O3/c1-4(2-6(10)11)5(3-8)7(9)12/h7,12H,2-3H2,1H3,(H,10,11). The molecule has 0 aliphatic carbocycles. The molecule has 0 spiro atoms. The van der Waals surface area contributed by atoms with Crippen molar-refractivity contribution >= 4 is 29.2 Å². The number of aliphatic carboxylic acids is 1. The number of carboxylic acids is 1. The summed E-state index contributed by atoms with van der Waals surface area (Å²) >= 11 is 10.8. The maximum atomic E-state index is 10.3. The fourth-order valence-electron chi connectivity index (χ4n) is 0.721. The molecule has 1 unspecified atom stereocenters. The Labute approximate surface area is 80.6 Å². The molecule has 2 N–H and O–H groups in total. The van der Waals surface area contributed by atoms with Gasteiger partial charge in [0.05, 0.1) is 6.42 Å². The van der Waals surface area contributed by atoms with Gasteiger partial charge in [0.25, 0.3) is 0 Å². The van der Waals surface area contributed by atoms with Gasteiger partial charge in [-0.25, -0.2) is 0 Å². The SMILES string of the molecule is CC(CC(=O)O)=C(CCl)C(O)Cl. The number of carboxylic acid groups (broad SMARTS) is 1. The van der Waals surface area contributed by atoms with Gasteiger partial charge >= 0.3 is 5.97 Å². The van der Waals surface area contributed by atoms with Crippen LogP contribution < -0.4 is 0 Å². The molecule has 0 heterocycles. The highest BCUT2D eigenvalue weighted by molar-refractivity contribution is 6.24. The van der Waals surface area contributed by atoms with Crippen molar-refractivity contribution in [1.82, 2.24) is 0 Å². The molecule has 1 atom stereocenters. The lowest BCUT2D eigenvalue weighted by molar-refractivity contribution is -0.136. The first-order chi connectivity index (χ1) is 5.49. The van der Waals surface area contributed by atoms with Crippen LogP contribution in [0.1, 0.15) is 13.3 Å². The Bertz CT molecular complexity index is 199. The molecule has 0 aromatic carbocycles. The van der Waals surface area contributed by atoms with Gasteiger partial charge in [-0.05, 0) is 12.5 Å². The molecule has 0 amide bonds. The average molecular weight is 213 g/mol. The first kappa shape index (κ1) is 11.8. The number of aliphatic hydroxyl groups is 1. The van der Waals surface area contributed by atoms with Crippen LogP contribution in [-0.2, 0) is 4.79 Å². The van der Waals surface area contributed by atoms with Crippen molar-refractivity contribution in [2.24, 2.45) is 0 Å². The van der Waals surface area contributed by atoms with Gasteiger partial charge in [0.2, 0.25) is 0 Å². The van der Waals surface area contributed by atoms with Crippen LogP contribution in [-0.4, -0.2) is 27.6 Å². The molecule has 5 heteroatoms. The maximum absolute atomic E-state index is 10.3. The van der Waals surface area contributed by atoms with Gasteiger partial charge in [0.15, 0.2) is 5.56 Å². The second-order valence-electron chi connectivity index (χ2n) is 2.35. The first-order valence-electron chi connectivity index (χ1n) is 3.27. The van der Waals surface area contributed by atoms with Crippen LogP contribution in [0.25, 0.3) is 0 Å². The molecule has 0 rings (SSSR count). The molecule has 0 bridgehead atoms. The minimum Gasteiger partial charge on any atom is -0.481 e. The third-order valence-electron chi connectivity index (χ3n) is 1.40. The fourth-order valence-corrected chi connectivity index (χ4v) is 1.44. The summed E-state index contributed by atoms with van der Waals surface area (Å²) < 4.78 is 0. The Balaban J connectivity index is 4.48. The minimum absolute atomic E-state index is 0.0454. The quantitative estimate of drug-likeness (QED) is 0.550. The summed E-state index contributed by atoms with van der Waals surface area (Å²) in [4.78, 5) is 10.3. The van der Waals surface area contributed by atoms with Crippen molar-refractivity contribution in [3.05, 3.63) is 11.1 Å². The van der Waals surface area contributed by atoms with Gasteiger partial charge < -0.3 is 10.2 Å². The number of aliphatic hydroxyl groups excluding tert-OH is 1. The van der Waals surface area contributed by atoms with Gasteiger partial charge in [0.1, 0.15) is 0 Å². The Morgan fingerprint density at radius 3 is 2.33 bits per heavy atom. The predicted molar refractivity (Wildman–Crippen MR) is 47.5 cm³/mol. The summed E-state index contributed by atoms with van der Waals surface area (Å²) in [5.74, 6) is -0.920. The number of hydrogen-bond acceptors (Lipinski definition) is 2. The van der Waals surface area contributed by atoms with E-state index in [9.17, 15) is 4.79 Å². The number of halogens is 2. The summed E-state index contributed by atoms with van der Waals surface area (Å²) in [7, 11) is 0. The highest BCUT2D eigenvalue weighted by Crippen LogP contribution is 2.16. The Morgan fingerprint density at radius 2 is 2.08 bits per heavy atom. The third kappa shape index (κ3) is 3.95. The number of hydrogen-bond donors (Lipinski definition) is 2. The van der Waals surface area contributed by atoms with Gasteiger partial charge in [-0.2, -0.15) is 0 Å². The summed E-state index contributed by atoms with van der Waals surface area (Å²) in [5.41, 5.74) is -0.331. The highest BCUT2D eigenvalue weighted by Gasteiger charge is 2.11. The normalized spacial score (nSPS) is 15.3. The molecule has 0 saturated heterocycles. The molecular formula is C7H10Cl2O3. The van der Waals surface area contributed by atoms with Crippen LogP contribution in [0.2, 0.25) is 0 Å². The zero-order chi connectivity index (χ0) is 9.72. The Hall–Kier alpha value is -0.250. The van der Waals surface area contributed by atoms with Crippen LogP contribution >= 0.6 is 23.2 Å². The predicted octanol–water partition coefficient (Wildman–Crippen LogP) is 1.57. The van der Waals surface area contributed by atoms with Gasteiger partial charge in [-0.15, -0.1) is 11.6 Å². The van der Waals surface area contributed by atoms with Crippen LogP contribution in [0.15, 0.2) is 11.1 Å². The van der Waals surface area contributed by atoms with E-state index in [1.165, 1.54) is 0 Å². The second-order valence-corrected chi connectivity index (χ2v) is 3.03. The molecule has 0 aromatic rings. The Morgan fingerprint density at radius 1 is 1.58 bits per heavy atom. The number of rotatable bonds is 4. The zero-order valence-corrected chi connectivity index (χ0v) is 8.06. The maximum Gasteiger partial charge on any atom is 0.307 e. The van der Waals surface area contributed by atoms with Gasteiger partial charge in [-0.1, -0.05) is 17.2 Å². The zero-order valence-electron chi connectivity index (χ0n) is 6.55. The van der Waals surface area contributed by atoms with Gasteiger partial charge in [0, 0.05) is 5.88 Å². The lowest BCUT2D eigenvalue weighted by atomic mass is 10.1. The lowest BCUT2D eigenvalue weighted by Gasteiger charge is -2.08. The number of alkyl halides is 2. The van der Waals surface area contributed by atoms with Crippen LogP contribution in [0.5, 0.6) is 0 Å². The van der Waals surface area contributed by atoms with E-state index in [0.29, 0.717) is 11.1 Å². The van der Waals surface area contributed by atoms with Crippen LogP contribution in [0.4, 0.5) is 0 Å². The van der Waals surface area contributed by atoms with Crippen molar-refractivity contribution in [2.75, 3.05) is 5.88 Å². The molecule has 12 heavy (non-hydrogen) atoms. The topological polar surface area (TPSA) is 57.5 Å². The van der Waals surface area contributed by atoms with E-state index in [4.69, 9.17) is 33.4 Å². The molecule has 0 aromatic heterocycles. The third-order valence-corrected chi connectivity index (χ3v) is 1.95. The van der Waals surface area contributed by atoms with Crippen molar-refractivity contribution in [1.29, 1.82) is 0 Å². The monoisotopic (exact) mass is 212 g/mol. The van der Waals surface area contributed by atoms with E-state index < -0.39 is 11.5 Å². The van der Waals surface area contributed by atoms with E-state index in [1.54, 1.807) is 6.92 Å². The molecule has 3 nitrogen and oxygen atoms in total. The molecule has 0 saturated carbocycles. The molecule has 0 aliphatic heterocycles. The molecule has 0 radical (unpaired) electrons. The lowest BCUT2D eigenvalue weighted by Crippen LogP contribution is -2.08. The van der Waals surface area contributed by atoms with E-state index in [2.05, 4.69) is 0 Å². The van der Waals surface area contributed by atoms with E-state index in [-0.39, 0.29) is 12.3 Å². The largest absolute Gasteiger partial charge is 0.481 e. The summed E-state index contributed by atoms with van der Waals surface area (Å²) in [5, 5.41) is 17.3. The van der Waals surface area contributed by atoms with Crippen molar-refractivity contribution in [3.63, 3.8) is 0 Å². The summed E-state index contributed by atoms with van der Waals surface area (Å²) in [6.07, 6.45) is -0.147. The molecular weight excluding hydrogens is 203 g/mol. The number of carbonyl (C=O) groups is 1. The minimum atomic E-state index is -1.19. The van der Waals surface area contributed by atoms with Crippen molar-refractivity contribution < 1.29 is 15.0 Å². The van der Waals surface area contributed by atoms with E-state index >= 15 is 0 Å². The highest BCUT2D eigenvalue weighted by atomic mass is 35.5. The summed E-state index contributed by atoms with van der Waals surface area (Å²) in [6.45, 7) is 1.58. The van der Waals surface area contributed by atoms with Gasteiger partial charge in [-0.3, -0.25) is 4.79 Å². The van der Waals surface area contributed by atoms with Crippen molar-refractivity contribution in [3.8, 4) is 0 Å². The second kappa shape index (κ2) is 5.41. The molecule has 0 fully saturated rings. The van der Waals surface area contributed by atoms with E-state index in [0.717, 1.165) is 0 Å². The van der Waals surface area contributed by atoms with Crippen LogP contribution in [0.3, 0.4) is 0 Å². The first-order valence-corrected chi connectivity index (χ1v) is 4.24. The van der Waals surface area contributed by atoms with Crippen molar-refractivity contribution in [2.45, 2.75) is 18.9 Å². The smallest absolute Gasteiger partial charge is 0.307 e. The molecule has 0 aliphatic rings. The fraction of sp³-hybridized carbons (Fsp3) is 0.571.